The molecule has 0 radical (unpaired) electrons. The maximum Gasteiger partial charge on any atom is 0.269 e. The quantitative estimate of drug-likeness (QED) is 0.619. The van der Waals surface area contributed by atoms with Crippen LogP contribution in [-0.4, -0.2) is 28.0 Å². The number of amides is 1. The summed E-state index contributed by atoms with van der Waals surface area (Å²) in [6.07, 6.45) is 10.1. The lowest BCUT2D eigenvalue weighted by Crippen LogP contribution is -2.42. The molecule has 4 rings (SSSR count). The Labute approximate surface area is 171 Å². The van der Waals surface area contributed by atoms with Crippen LogP contribution in [0.15, 0.2) is 30.5 Å². The number of nitrogens with two attached hydrogens (primary N) is 2. The minimum absolute atomic E-state index is 0.120. The van der Waals surface area contributed by atoms with E-state index in [4.69, 9.17) is 16.5 Å². The Morgan fingerprint density at radius 3 is 2.86 bits per heavy atom. The molecule has 29 heavy (non-hydrogen) atoms. The summed E-state index contributed by atoms with van der Waals surface area (Å²) in [4.78, 5) is 20.9. The van der Waals surface area contributed by atoms with Crippen LogP contribution < -0.4 is 22.1 Å². The SMILES string of the molecule is CC1=CCCc2nc(Nc3cc(N[C@@H]4CCCC[C@@H]4N)cnc3C(N)=O)ccc21. The van der Waals surface area contributed by atoms with Gasteiger partial charge < -0.3 is 22.1 Å². The Balaban J connectivity index is 1.60. The fourth-order valence-electron chi connectivity index (χ4n) is 4.18. The summed E-state index contributed by atoms with van der Waals surface area (Å²) < 4.78 is 0. The number of carbonyl (C=O) groups excluding carboxylic acids is 1. The minimum atomic E-state index is -0.579. The number of primary amides is 1. The van der Waals surface area contributed by atoms with Gasteiger partial charge in [0.25, 0.3) is 5.91 Å². The van der Waals surface area contributed by atoms with Crippen molar-refractivity contribution in [3.05, 3.63) is 47.4 Å². The topological polar surface area (TPSA) is 119 Å². The molecule has 7 nitrogen and oxygen atoms in total. The predicted octanol–water partition coefficient (Wildman–Crippen LogP) is 3.35. The predicted molar refractivity (Wildman–Crippen MR) is 116 cm³/mol. The van der Waals surface area contributed by atoms with Gasteiger partial charge in [0.1, 0.15) is 5.82 Å². The summed E-state index contributed by atoms with van der Waals surface area (Å²) in [6.45, 7) is 2.10. The number of fused-ring (bicyclic) bond motifs is 1. The highest BCUT2D eigenvalue weighted by Crippen LogP contribution is 2.29. The average Bonchev–Trinajstić information content (AvgIpc) is 2.70. The molecular formula is C22H28N6O. The summed E-state index contributed by atoms with van der Waals surface area (Å²) in [5.74, 6) is 0.0967. The van der Waals surface area contributed by atoms with Crippen LogP contribution in [0.25, 0.3) is 5.57 Å². The van der Waals surface area contributed by atoms with Gasteiger partial charge in [-0.05, 0) is 61.9 Å². The highest BCUT2D eigenvalue weighted by molar-refractivity contribution is 5.97. The number of nitrogens with zero attached hydrogens (tertiary/aromatic N) is 2. The standard InChI is InChI=1S/C22H28N6O/c1-13-5-4-8-17-15(13)9-10-20(27-17)28-19-11-14(12-25-21(19)22(24)29)26-18-7-3-2-6-16(18)23/h5,9-12,16,18,26H,2-4,6-8,23H2,1H3,(H2,24,29)(H,27,28)/t16-,18+/m0/s1. The first kappa shape index (κ1) is 19.4. The number of nitrogens with one attached hydrogen (secondary N) is 2. The number of aromatic nitrogens is 2. The highest BCUT2D eigenvalue weighted by atomic mass is 16.1. The first-order valence-electron chi connectivity index (χ1n) is 10.3. The molecule has 7 heteroatoms. The molecule has 2 aliphatic carbocycles. The lowest BCUT2D eigenvalue weighted by Gasteiger charge is -2.30. The number of aryl methyl sites for hydroxylation is 1. The third-order valence-corrected chi connectivity index (χ3v) is 5.79. The maximum atomic E-state index is 11.9. The van der Waals surface area contributed by atoms with E-state index in [1.165, 1.54) is 17.6 Å². The van der Waals surface area contributed by atoms with E-state index in [0.717, 1.165) is 43.5 Å². The average molecular weight is 393 g/mol. The van der Waals surface area contributed by atoms with Crippen LogP contribution in [0.3, 0.4) is 0 Å². The van der Waals surface area contributed by atoms with Gasteiger partial charge in [-0.1, -0.05) is 18.9 Å². The van der Waals surface area contributed by atoms with E-state index < -0.39 is 5.91 Å². The molecule has 2 atom stereocenters. The Hall–Kier alpha value is -2.93. The van der Waals surface area contributed by atoms with Crippen LogP contribution in [0.5, 0.6) is 0 Å². The summed E-state index contributed by atoms with van der Waals surface area (Å²) in [5, 5.41) is 6.71. The van der Waals surface area contributed by atoms with E-state index in [1.807, 2.05) is 12.1 Å². The van der Waals surface area contributed by atoms with E-state index in [1.54, 1.807) is 6.20 Å². The largest absolute Gasteiger partial charge is 0.379 e. The first-order valence-corrected chi connectivity index (χ1v) is 10.3. The summed E-state index contributed by atoms with van der Waals surface area (Å²) in [6, 6.07) is 6.17. The van der Waals surface area contributed by atoms with E-state index in [-0.39, 0.29) is 17.8 Å². The first-order chi connectivity index (χ1) is 14.0. The fourth-order valence-corrected chi connectivity index (χ4v) is 4.18. The van der Waals surface area contributed by atoms with Gasteiger partial charge in [0.15, 0.2) is 5.69 Å². The summed E-state index contributed by atoms with van der Waals surface area (Å²) in [7, 11) is 0. The summed E-state index contributed by atoms with van der Waals surface area (Å²) in [5.41, 5.74) is 16.8. The molecule has 0 spiro atoms. The molecule has 2 aromatic heterocycles. The number of carbonyl (C=O) groups is 1. The zero-order valence-corrected chi connectivity index (χ0v) is 16.7. The van der Waals surface area contributed by atoms with Crippen LogP contribution in [0.2, 0.25) is 0 Å². The second kappa shape index (κ2) is 8.21. The summed E-state index contributed by atoms with van der Waals surface area (Å²) >= 11 is 0. The minimum Gasteiger partial charge on any atom is -0.379 e. The second-order valence-corrected chi connectivity index (χ2v) is 7.93. The van der Waals surface area contributed by atoms with Gasteiger partial charge in [0.2, 0.25) is 0 Å². The van der Waals surface area contributed by atoms with Crippen molar-refractivity contribution in [2.75, 3.05) is 10.6 Å². The third kappa shape index (κ3) is 4.24. The molecule has 0 bridgehead atoms. The molecule has 1 fully saturated rings. The van der Waals surface area contributed by atoms with E-state index in [0.29, 0.717) is 11.5 Å². The van der Waals surface area contributed by atoms with Gasteiger partial charge >= 0.3 is 0 Å². The van der Waals surface area contributed by atoms with Gasteiger partial charge in [0, 0.05) is 12.1 Å². The monoisotopic (exact) mass is 392 g/mol. The molecule has 2 aliphatic rings. The van der Waals surface area contributed by atoms with Gasteiger partial charge in [0.05, 0.1) is 23.3 Å². The second-order valence-electron chi connectivity index (χ2n) is 7.93. The molecule has 1 saturated carbocycles. The zero-order chi connectivity index (χ0) is 20.4. The number of allylic oxidation sites excluding steroid dienone is 2. The van der Waals surface area contributed by atoms with Gasteiger partial charge in [-0.15, -0.1) is 0 Å². The molecule has 2 aromatic rings. The molecule has 0 saturated heterocycles. The van der Waals surface area contributed by atoms with Crippen molar-refractivity contribution in [1.29, 1.82) is 0 Å². The maximum absolute atomic E-state index is 11.9. The van der Waals surface area contributed by atoms with Crippen molar-refractivity contribution in [3.63, 3.8) is 0 Å². The third-order valence-electron chi connectivity index (χ3n) is 5.79. The van der Waals surface area contributed by atoms with E-state index in [9.17, 15) is 4.79 Å². The van der Waals surface area contributed by atoms with Crippen molar-refractivity contribution in [1.82, 2.24) is 9.97 Å². The zero-order valence-electron chi connectivity index (χ0n) is 16.7. The number of rotatable bonds is 5. The molecule has 6 N–H and O–H groups in total. The van der Waals surface area contributed by atoms with Crippen LogP contribution in [0.1, 0.15) is 60.8 Å². The Morgan fingerprint density at radius 1 is 1.24 bits per heavy atom. The van der Waals surface area contributed by atoms with Crippen molar-refractivity contribution in [2.45, 2.75) is 57.5 Å². The molecule has 0 aliphatic heterocycles. The molecule has 0 unspecified atom stereocenters. The lowest BCUT2D eigenvalue weighted by molar-refractivity contribution is 0.0996. The van der Waals surface area contributed by atoms with Gasteiger partial charge in [-0.2, -0.15) is 0 Å². The van der Waals surface area contributed by atoms with Crippen molar-refractivity contribution >= 4 is 28.7 Å². The molecule has 0 aromatic carbocycles. The van der Waals surface area contributed by atoms with Crippen LogP contribution in [0, 0.1) is 0 Å². The van der Waals surface area contributed by atoms with Crippen molar-refractivity contribution in [2.24, 2.45) is 11.5 Å². The highest BCUT2D eigenvalue weighted by Gasteiger charge is 2.22. The number of anilines is 3. The lowest BCUT2D eigenvalue weighted by atomic mass is 9.91. The van der Waals surface area contributed by atoms with Crippen LogP contribution in [-0.2, 0) is 6.42 Å². The number of hydrogen-bond donors (Lipinski definition) is 4. The molecule has 2 heterocycles. The Kier molecular flexibility index (Phi) is 5.49. The smallest absolute Gasteiger partial charge is 0.269 e. The van der Waals surface area contributed by atoms with Crippen molar-refractivity contribution in [3.8, 4) is 0 Å². The molecule has 1 amide bonds. The normalized spacial score (nSPS) is 21.1. The number of hydrogen-bond acceptors (Lipinski definition) is 6. The Morgan fingerprint density at radius 2 is 2.07 bits per heavy atom. The van der Waals surface area contributed by atoms with Crippen LogP contribution >= 0.6 is 0 Å². The molecular weight excluding hydrogens is 364 g/mol. The Bertz CT molecular complexity index is 954. The molecule has 152 valence electrons. The van der Waals surface area contributed by atoms with E-state index >= 15 is 0 Å². The fraction of sp³-hybridized carbons (Fsp3) is 0.409. The van der Waals surface area contributed by atoms with Crippen molar-refractivity contribution < 1.29 is 4.79 Å². The van der Waals surface area contributed by atoms with Gasteiger partial charge in [-0.3, -0.25) is 4.79 Å². The van der Waals surface area contributed by atoms with E-state index in [2.05, 4.69) is 34.7 Å². The van der Waals surface area contributed by atoms with Crippen LogP contribution in [0.4, 0.5) is 17.2 Å². The van der Waals surface area contributed by atoms with Gasteiger partial charge in [-0.25, -0.2) is 9.97 Å². The number of pyridine rings is 2.